The summed E-state index contributed by atoms with van der Waals surface area (Å²) in [7, 11) is -7.61. The van der Waals surface area contributed by atoms with Gasteiger partial charge in [-0.3, -0.25) is 4.98 Å². The standard InChI is InChI=1S/C17H15ClN2O6S2/c18-11-1-3-12(4-2-11)27(22,23)14-7-8-20(10-14)28(24,25)13-5-6-16-15(9-13)19-17(21)26-16/h1-6,9,14H,7-8,10H2,(H,19,21). The first-order chi connectivity index (χ1) is 13.2. The zero-order chi connectivity index (χ0) is 20.1. The average molecular weight is 443 g/mol. The van der Waals surface area contributed by atoms with Crippen molar-refractivity contribution in [1.29, 1.82) is 0 Å². The Kier molecular flexibility index (Phi) is 4.61. The SMILES string of the molecule is O=c1[nH]c2cc(S(=O)(=O)N3CCC(S(=O)(=O)c4ccc(Cl)cc4)C3)ccc2o1. The number of H-pyrrole nitrogens is 1. The minimum atomic E-state index is -3.92. The summed E-state index contributed by atoms with van der Waals surface area (Å²) in [4.78, 5) is 13.7. The Morgan fingerprint density at radius 3 is 2.43 bits per heavy atom. The fraction of sp³-hybridized carbons (Fsp3) is 0.235. The maximum Gasteiger partial charge on any atom is 0.417 e. The minimum Gasteiger partial charge on any atom is -0.408 e. The summed E-state index contributed by atoms with van der Waals surface area (Å²) < 4.78 is 57.5. The number of nitrogens with one attached hydrogen (secondary N) is 1. The Balaban J connectivity index is 1.61. The van der Waals surface area contributed by atoms with Crippen molar-refractivity contribution < 1.29 is 21.3 Å². The smallest absolute Gasteiger partial charge is 0.408 e. The van der Waals surface area contributed by atoms with Gasteiger partial charge in [0.1, 0.15) is 0 Å². The Morgan fingerprint density at radius 1 is 1.04 bits per heavy atom. The van der Waals surface area contributed by atoms with Crippen LogP contribution >= 0.6 is 11.6 Å². The lowest BCUT2D eigenvalue weighted by Crippen LogP contribution is -2.32. The molecule has 1 aromatic heterocycles. The molecule has 1 atom stereocenters. The van der Waals surface area contributed by atoms with Gasteiger partial charge in [-0.15, -0.1) is 0 Å². The van der Waals surface area contributed by atoms with Crippen LogP contribution in [0.15, 0.2) is 61.5 Å². The van der Waals surface area contributed by atoms with Crippen LogP contribution < -0.4 is 5.76 Å². The molecular weight excluding hydrogens is 428 g/mol. The van der Waals surface area contributed by atoms with E-state index >= 15 is 0 Å². The molecule has 1 N–H and O–H groups in total. The van der Waals surface area contributed by atoms with Gasteiger partial charge in [-0.2, -0.15) is 4.31 Å². The third-order valence-corrected chi connectivity index (χ3v) is 9.02. The number of aromatic amines is 1. The monoisotopic (exact) mass is 442 g/mol. The van der Waals surface area contributed by atoms with Gasteiger partial charge in [0.05, 0.1) is 20.6 Å². The molecule has 0 spiro atoms. The van der Waals surface area contributed by atoms with E-state index < -0.39 is 30.9 Å². The molecule has 4 rings (SSSR count). The number of halogens is 1. The summed E-state index contributed by atoms with van der Waals surface area (Å²) in [6.45, 7) is -0.0625. The second kappa shape index (κ2) is 6.73. The number of benzene rings is 2. The van der Waals surface area contributed by atoms with Crippen LogP contribution in [0.25, 0.3) is 11.1 Å². The molecule has 2 heterocycles. The lowest BCUT2D eigenvalue weighted by molar-refractivity contribution is 0.476. The molecule has 1 aliphatic rings. The van der Waals surface area contributed by atoms with Crippen molar-refractivity contribution in [3.63, 3.8) is 0 Å². The molecule has 0 saturated carbocycles. The van der Waals surface area contributed by atoms with E-state index in [-0.39, 0.29) is 40.4 Å². The quantitative estimate of drug-likeness (QED) is 0.660. The van der Waals surface area contributed by atoms with Gasteiger partial charge in [-0.25, -0.2) is 21.6 Å². The van der Waals surface area contributed by atoms with Gasteiger partial charge in [-0.1, -0.05) is 11.6 Å². The molecular formula is C17H15ClN2O6S2. The van der Waals surface area contributed by atoms with Crippen molar-refractivity contribution in [2.75, 3.05) is 13.1 Å². The van der Waals surface area contributed by atoms with Crippen LogP contribution in [-0.2, 0) is 19.9 Å². The maximum atomic E-state index is 12.9. The summed E-state index contributed by atoms with van der Waals surface area (Å²) in [5, 5.41) is -0.428. The van der Waals surface area contributed by atoms with Crippen molar-refractivity contribution in [2.24, 2.45) is 0 Å². The van der Waals surface area contributed by atoms with Crippen LogP contribution in [0.5, 0.6) is 0 Å². The largest absolute Gasteiger partial charge is 0.417 e. The number of oxazole rings is 1. The van der Waals surface area contributed by atoms with E-state index in [0.717, 1.165) is 4.31 Å². The fourth-order valence-corrected chi connectivity index (χ4v) is 6.67. The van der Waals surface area contributed by atoms with Crippen LogP contribution in [0, 0.1) is 0 Å². The van der Waals surface area contributed by atoms with E-state index in [1.54, 1.807) is 0 Å². The normalized spacial score (nSPS) is 18.7. The van der Waals surface area contributed by atoms with Gasteiger partial charge in [-0.05, 0) is 48.9 Å². The average Bonchev–Trinajstić information content (AvgIpc) is 3.28. The van der Waals surface area contributed by atoms with Crippen LogP contribution in [0.4, 0.5) is 0 Å². The van der Waals surface area contributed by atoms with E-state index in [4.69, 9.17) is 16.0 Å². The molecule has 1 aliphatic heterocycles. The van der Waals surface area contributed by atoms with Crippen LogP contribution in [0.3, 0.4) is 0 Å². The van der Waals surface area contributed by atoms with Gasteiger partial charge < -0.3 is 4.42 Å². The van der Waals surface area contributed by atoms with Gasteiger partial charge in [0.25, 0.3) is 0 Å². The van der Waals surface area contributed by atoms with E-state index in [2.05, 4.69) is 4.98 Å². The van der Waals surface area contributed by atoms with Crippen molar-refractivity contribution in [3.05, 3.63) is 58.0 Å². The Hall–Kier alpha value is -2.14. The van der Waals surface area contributed by atoms with Gasteiger partial charge in [0.2, 0.25) is 10.0 Å². The molecule has 28 heavy (non-hydrogen) atoms. The number of hydrogen-bond acceptors (Lipinski definition) is 6. The summed E-state index contributed by atoms with van der Waals surface area (Å²) in [5.74, 6) is -0.681. The molecule has 148 valence electrons. The highest BCUT2D eigenvalue weighted by Gasteiger charge is 2.39. The van der Waals surface area contributed by atoms with E-state index in [1.807, 2.05) is 0 Å². The van der Waals surface area contributed by atoms with E-state index in [0.29, 0.717) is 5.02 Å². The highest BCUT2D eigenvalue weighted by Crippen LogP contribution is 2.29. The fourth-order valence-electron chi connectivity index (χ4n) is 3.23. The Morgan fingerprint density at radius 2 is 1.71 bits per heavy atom. The second-order valence-electron chi connectivity index (χ2n) is 6.45. The highest BCUT2D eigenvalue weighted by molar-refractivity contribution is 7.92. The number of rotatable bonds is 4. The lowest BCUT2D eigenvalue weighted by Gasteiger charge is -2.17. The molecule has 3 aromatic rings. The number of fused-ring (bicyclic) bond motifs is 1. The van der Waals surface area contributed by atoms with Gasteiger partial charge in [0.15, 0.2) is 15.4 Å². The van der Waals surface area contributed by atoms with Crippen LogP contribution in [-0.4, -0.2) is 44.5 Å². The molecule has 0 amide bonds. The zero-order valence-electron chi connectivity index (χ0n) is 14.3. The zero-order valence-corrected chi connectivity index (χ0v) is 16.7. The number of hydrogen-bond donors (Lipinski definition) is 1. The molecule has 0 aliphatic carbocycles. The number of sulfone groups is 1. The van der Waals surface area contributed by atoms with Crippen LogP contribution in [0.2, 0.25) is 5.02 Å². The van der Waals surface area contributed by atoms with Crippen molar-refractivity contribution in [1.82, 2.24) is 9.29 Å². The summed E-state index contributed by atoms with van der Waals surface area (Å²) >= 11 is 5.80. The molecule has 0 bridgehead atoms. The molecule has 11 heteroatoms. The minimum absolute atomic E-state index is 0.0402. The topological polar surface area (TPSA) is 118 Å². The molecule has 1 unspecified atom stereocenters. The second-order valence-corrected chi connectivity index (χ2v) is 11.0. The van der Waals surface area contributed by atoms with Crippen molar-refractivity contribution >= 4 is 42.6 Å². The number of nitrogens with zero attached hydrogens (tertiary/aromatic N) is 1. The Bertz CT molecular complexity index is 1310. The summed E-state index contributed by atoms with van der Waals surface area (Å²) in [5.41, 5.74) is 0.504. The summed E-state index contributed by atoms with van der Waals surface area (Å²) in [6.07, 6.45) is 0.189. The van der Waals surface area contributed by atoms with Crippen molar-refractivity contribution in [3.8, 4) is 0 Å². The molecule has 1 saturated heterocycles. The summed E-state index contributed by atoms with van der Waals surface area (Å²) in [6, 6.07) is 9.82. The first kappa shape index (κ1) is 19.2. The maximum absolute atomic E-state index is 12.9. The third-order valence-electron chi connectivity index (χ3n) is 4.72. The molecule has 1 fully saturated rings. The molecule has 2 aromatic carbocycles. The third kappa shape index (κ3) is 3.26. The highest BCUT2D eigenvalue weighted by atomic mass is 35.5. The van der Waals surface area contributed by atoms with Gasteiger partial charge >= 0.3 is 5.76 Å². The number of sulfonamides is 1. The van der Waals surface area contributed by atoms with E-state index in [1.165, 1.54) is 42.5 Å². The van der Waals surface area contributed by atoms with Crippen molar-refractivity contribution in [2.45, 2.75) is 21.5 Å². The predicted octanol–water partition coefficient (Wildman–Crippen LogP) is 2.01. The lowest BCUT2D eigenvalue weighted by atomic mass is 10.3. The first-order valence-corrected chi connectivity index (χ1v) is 11.7. The molecule has 8 nitrogen and oxygen atoms in total. The van der Waals surface area contributed by atoms with Gasteiger partial charge in [0, 0.05) is 18.1 Å². The van der Waals surface area contributed by atoms with E-state index in [9.17, 15) is 21.6 Å². The first-order valence-electron chi connectivity index (χ1n) is 8.30. The molecule has 0 radical (unpaired) electrons. The Labute approximate surface area is 165 Å². The number of aromatic nitrogens is 1. The predicted molar refractivity (Wildman–Crippen MR) is 103 cm³/mol. The van der Waals surface area contributed by atoms with Crippen LogP contribution in [0.1, 0.15) is 6.42 Å².